The van der Waals surface area contributed by atoms with E-state index in [1.807, 2.05) is 24.3 Å². The van der Waals surface area contributed by atoms with Crippen molar-refractivity contribution < 1.29 is 4.74 Å². The van der Waals surface area contributed by atoms with Crippen LogP contribution in [0, 0.1) is 0 Å². The molecule has 1 heterocycles. The molecule has 0 bridgehead atoms. The molecule has 2 rings (SSSR count). The van der Waals surface area contributed by atoms with Gasteiger partial charge in [-0.2, -0.15) is 5.10 Å². The van der Waals surface area contributed by atoms with Gasteiger partial charge in [0.25, 0.3) is 0 Å². The van der Waals surface area contributed by atoms with Gasteiger partial charge in [0.15, 0.2) is 0 Å². The van der Waals surface area contributed by atoms with Crippen LogP contribution in [-0.2, 0) is 12.0 Å². The van der Waals surface area contributed by atoms with Crippen LogP contribution in [0.15, 0.2) is 24.3 Å². The summed E-state index contributed by atoms with van der Waals surface area (Å²) in [4.78, 5) is 0. The van der Waals surface area contributed by atoms with Crippen molar-refractivity contribution in [2.75, 3.05) is 12.8 Å². The fraction of sp³-hybridized carbons (Fsp3) is 0.400. The summed E-state index contributed by atoms with van der Waals surface area (Å²) >= 11 is 0. The van der Waals surface area contributed by atoms with Crippen molar-refractivity contribution in [2.24, 2.45) is 5.73 Å². The van der Waals surface area contributed by atoms with E-state index >= 15 is 0 Å². The van der Waals surface area contributed by atoms with E-state index in [1.165, 1.54) is 0 Å². The molecular formula is C15H22N4O. The quantitative estimate of drug-likeness (QED) is 0.899. The molecule has 0 aliphatic carbocycles. The number of ether oxygens (including phenoxy) is 1. The minimum atomic E-state index is -0.0410. The highest BCUT2D eigenvalue weighted by atomic mass is 16.5. The molecule has 0 saturated carbocycles. The molecule has 0 atom stereocenters. The number of benzene rings is 1. The summed E-state index contributed by atoms with van der Waals surface area (Å²) in [5, 5.41) is 4.59. The van der Waals surface area contributed by atoms with Crippen LogP contribution in [0.1, 0.15) is 32.0 Å². The van der Waals surface area contributed by atoms with Crippen LogP contribution in [0.2, 0.25) is 0 Å². The Kier molecular flexibility index (Phi) is 3.72. The van der Waals surface area contributed by atoms with E-state index < -0.39 is 0 Å². The molecule has 5 nitrogen and oxygen atoms in total. The van der Waals surface area contributed by atoms with Gasteiger partial charge in [0.05, 0.1) is 18.5 Å². The van der Waals surface area contributed by atoms with Gasteiger partial charge in [-0.25, -0.2) is 4.68 Å². The standard InChI is InChI=1S/C15H22N4O/c1-15(2,3)13-8-14(17)19(18-13)11-6-5-10(9-16)12(7-11)20-4/h5-8H,9,16-17H2,1-4H3. The third kappa shape index (κ3) is 2.63. The van der Waals surface area contributed by atoms with Gasteiger partial charge in [-0.1, -0.05) is 26.8 Å². The van der Waals surface area contributed by atoms with E-state index in [2.05, 4.69) is 25.9 Å². The minimum absolute atomic E-state index is 0.0410. The summed E-state index contributed by atoms with van der Waals surface area (Å²) in [7, 11) is 1.63. The molecule has 0 unspecified atom stereocenters. The topological polar surface area (TPSA) is 79.1 Å². The van der Waals surface area contributed by atoms with E-state index in [9.17, 15) is 0 Å². The lowest BCUT2D eigenvalue weighted by Crippen LogP contribution is -2.12. The van der Waals surface area contributed by atoms with E-state index in [0.717, 1.165) is 22.7 Å². The summed E-state index contributed by atoms with van der Waals surface area (Å²) in [6.45, 7) is 6.76. The lowest BCUT2D eigenvalue weighted by Gasteiger charge is -2.14. The first-order valence-electron chi connectivity index (χ1n) is 6.60. The van der Waals surface area contributed by atoms with Gasteiger partial charge >= 0.3 is 0 Å². The molecule has 0 radical (unpaired) electrons. The highest BCUT2D eigenvalue weighted by molar-refractivity contribution is 5.49. The smallest absolute Gasteiger partial charge is 0.127 e. The molecule has 0 saturated heterocycles. The van der Waals surface area contributed by atoms with E-state index in [0.29, 0.717) is 12.4 Å². The number of nitrogen functional groups attached to an aromatic ring is 1. The second kappa shape index (κ2) is 5.17. The maximum Gasteiger partial charge on any atom is 0.127 e. The number of aromatic nitrogens is 2. The molecule has 1 aromatic heterocycles. The maximum atomic E-state index is 6.07. The molecule has 0 spiro atoms. The summed E-state index contributed by atoms with van der Waals surface area (Å²) in [6, 6.07) is 7.69. The second-order valence-electron chi connectivity index (χ2n) is 5.82. The highest BCUT2D eigenvalue weighted by Gasteiger charge is 2.19. The van der Waals surface area contributed by atoms with Crippen LogP contribution in [0.3, 0.4) is 0 Å². The zero-order chi connectivity index (χ0) is 14.9. The number of hydrogen-bond acceptors (Lipinski definition) is 4. The zero-order valence-electron chi connectivity index (χ0n) is 12.5. The molecular weight excluding hydrogens is 252 g/mol. The largest absolute Gasteiger partial charge is 0.496 e. The van der Waals surface area contributed by atoms with E-state index in [-0.39, 0.29) is 5.41 Å². The van der Waals surface area contributed by atoms with E-state index in [4.69, 9.17) is 16.2 Å². The van der Waals surface area contributed by atoms with Crippen LogP contribution >= 0.6 is 0 Å². The third-order valence-corrected chi connectivity index (χ3v) is 3.24. The monoisotopic (exact) mass is 274 g/mol. The Morgan fingerprint density at radius 2 is 1.95 bits per heavy atom. The van der Waals surface area contributed by atoms with Crippen molar-refractivity contribution in [1.82, 2.24) is 9.78 Å². The summed E-state index contributed by atoms with van der Waals surface area (Å²) in [6.07, 6.45) is 0. The lowest BCUT2D eigenvalue weighted by atomic mass is 9.92. The fourth-order valence-corrected chi connectivity index (χ4v) is 2.00. The van der Waals surface area contributed by atoms with Gasteiger partial charge < -0.3 is 16.2 Å². The minimum Gasteiger partial charge on any atom is -0.496 e. The van der Waals surface area contributed by atoms with Gasteiger partial charge in [-0.15, -0.1) is 0 Å². The first kappa shape index (κ1) is 14.4. The SMILES string of the molecule is COc1cc(-n2nc(C(C)(C)C)cc2N)ccc1CN. The number of methoxy groups -OCH3 is 1. The third-order valence-electron chi connectivity index (χ3n) is 3.24. The molecule has 108 valence electrons. The summed E-state index contributed by atoms with van der Waals surface area (Å²) in [5.74, 6) is 1.36. The van der Waals surface area contributed by atoms with Gasteiger partial charge in [0, 0.05) is 29.7 Å². The van der Waals surface area contributed by atoms with E-state index in [1.54, 1.807) is 11.8 Å². The zero-order valence-corrected chi connectivity index (χ0v) is 12.5. The Balaban J connectivity index is 2.49. The molecule has 2 aromatic rings. The first-order chi connectivity index (χ1) is 9.36. The predicted octanol–water partition coefficient (Wildman–Crippen LogP) is 2.22. The van der Waals surface area contributed by atoms with Gasteiger partial charge in [0.2, 0.25) is 0 Å². The summed E-state index contributed by atoms with van der Waals surface area (Å²) in [5.41, 5.74) is 14.5. The second-order valence-corrected chi connectivity index (χ2v) is 5.82. The molecule has 5 heteroatoms. The number of nitrogens with zero attached hydrogens (tertiary/aromatic N) is 2. The molecule has 0 fully saturated rings. The average Bonchev–Trinajstić information content (AvgIpc) is 2.80. The Morgan fingerprint density at radius 3 is 2.45 bits per heavy atom. The molecule has 0 aliphatic heterocycles. The fourth-order valence-electron chi connectivity index (χ4n) is 2.00. The van der Waals surface area contributed by atoms with Crippen molar-refractivity contribution in [3.63, 3.8) is 0 Å². The Hall–Kier alpha value is -2.01. The van der Waals surface area contributed by atoms with Gasteiger partial charge in [-0.3, -0.25) is 0 Å². The van der Waals surface area contributed by atoms with Crippen LogP contribution in [0.5, 0.6) is 5.75 Å². The van der Waals surface area contributed by atoms with Crippen LogP contribution in [0.4, 0.5) is 5.82 Å². The van der Waals surface area contributed by atoms with Gasteiger partial charge in [0.1, 0.15) is 11.6 Å². The van der Waals surface area contributed by atoms with Crippen LogP contribution < -0.4 is 16.2 Å². The number of hydrogen-bond donors (Lipinski definition) is 2. The number of rotatable bonds is 3. The lowest BCUT2D eigenvalue weighted by molar-refractivity contribution is 0.409. The average molecular weight is 274 g/mol. The Morgan fingerprint density at radius 1 is 1.25 bits per heavy atom. The molecule has 0 amide bonds. The highest BCUT2D eigenvalue weighted by Crippen LogP contribution is 2.27. The van der Waals surface area contributed by atoms with Crippen molar-refractivity contribution >= 4 is 5.82 Å². The molecule has 4 N–H and O–H groups in total. The van der Waals surface area contributed by atoms with Crippen molar-refractivity contribution in [3.05, 3.63) is 35.5 Å². The number of anilines is 1. The van der Waals surface area contributed by atoms with Crippen molar-refractivity contribution in [1.29, 1.82) is 0 Å². The van der Waals surface area contributed by atoms with Crippen molar-refractivity contribution in [3.8, 4) is 11.4 Å². The maximum absolute atomic E-state index is 6.07. The van der Waals surface area contributed by atoms with Crippen molar-refractivity contribution in [2.45, 2.75) is 32.7 Å². The van der Waals surface area contributed by atoms with Crippen LogP contribution in [-0.4, -0.2) is 16.9 Å². The molecule has 0 aliphatic rings. The molecule has 20 heavy (non-hydrogen) atoms. The normalized spacial score (nSPS) is 11.7. The number of nitrogens with two attached hydrogens (primary N) is 2. The Labute approximate surface area is 119 Å². The Bertz CT molecular complexity index is 611. The summed E-state index contributed by atoms with van der Waals surface area (Å²) < 4.78 is 7.08. The molecule has 1 aromatic carbocycles. The van der Waals surface area contributed by atoms with Gasteiger partial charge in [-0.05, 0) is 6.07 Å². The van der Waals surface area contributed by atoms with Crippen LogP contribution in [0.25, 0.3) is 5.69 Å². The first-order valence-corrected chi connectivity index (χ1v) is 6.60. The predicted molar refractivity (Wildman–Crippen MR) is 81.1 cm³/mol.